The average Bonchev–Trinajstić information content (AvgIpc) is 2.45. The number of benzene rings is 1. The first-order valence-corrected chi connectivity index (χ1v) is 7.18. The Kier molecular flexibility index (Phi) is 7.54. The molecule has 0 saturated heterocycles. The second kappa shape index (κ2) is 9.39. The Morgan fingerprint density at radius 3 is 2.42 bits per heavy atom. The molecule has 0 fully saturated rings. The zero-order valence-electron chi connectivity index (χ0n) is 13.1. The Balaban J connectivity index is 2.62. The minimum absolute atomic E-state index is 0.0165. The van der Waals surface area contributed by atoms with E-state index in [1.165, 1.54) is 6.08 Å². The van der Waals surface area contributed by atoms with Crippen LogP contribution in [0.15, 0.2) is 30.4 Å². The lowest BCUT2D eigenvalue weighted by Gasteiger charge is -2.13. The van der Waals surface area contributed by atoms with Crippen molar-refractivity contribution in [3.05, 3.63) is 47.5 Å². The highest BCUT2D eigenvalue weighted by Gasteiger charge is 2.17. The summed E-state index contributed by atoms with van der Waals surface area (Å²) in [6, 6.07) is 1.67. The second-order valence-corrected chi connectivity index (χ2v) is 4.87. The maximum atomic E-state index is 13.1. The highest BCUT2D eigenvalue weighted by Crippen LogP contribution is 2.09. The summed E-state index contributed by atoms with van der Waals surface area (Å²) in [5, 5.41) is 2.35. The molecule has 0 unspecified atom stereocenters. The lowest BCUT2D eigenvalue weighted by molar-refractivity contribution is -0.137. The molecule has 1 aromatic rings. The van der Waals surface area contributed by atoms with Crippen molar-refractivity contribution in [1.82, 2.24) is 5.32 Å². The molecular formula is C16H18F2N2O4. The van der Waals surface area contributed by atoms with Crippen LogP contribution in [0, 0.1) is 11.6 Å². The normalized spacial score (nSPS) is 12.0. The van der Waals surface area contributed by atoms with Crippen LogP contribution in [0.3, 0.4) is 0 Å². The van der Waals surface area contributed by atoms with Crippen LogP contribution in [0.4, 0.5) is 8.78 Å². The van der Waals surface area contributed by atoms with Crippen molar-refractivity contribution in [2.45, 2.75) is 25.8 Å². The molecule has 2 amide bonds. The molecule has 8 heteroatoms. The maximum absolute atomic E-state index is 13.1. The van der Waals surface area contributed by atoms with Crippen LogP contribution in [0.1, 0.15) is 18.9 Å². The fourth-order valence-corrected chi connectivity index (χ4v) is 1.88. The number of hydrogen-bond donors (Lipinski definition) is 2. The largest absolute Gasteiger partial charge is 0.463 e. The van der Waals surface area contributed by atoms with Gasteiger partial charge in [-0.1, -0.05) is 6.08 Å². The molecule has 0 aromatic heterocycles. The Hall–Kier alpha value is -2.77. The summed E-state index contributed by atoms with van der Waals surface area (Å²) in [6.07, 6.45) is 2.13. The molecule has 1 aromatic carbocycles. The number of carbonyl (C=O) groups is 3. The highest BCUT2D eigenvalue weighted by atomic mass is 19.1. The van der Waals surface area contributed by atoms with Crippen LogP contribution in [0.25, 0.3) is 0 Å². The molecule has 0 saturated carbocycles. The third kappa shape index (κ3) is 6.99. The van der Waals surface area contributed by atoms with E-state index in [4.69, 9.17) is 5.73 Å². The highest BCUT2D eigenvalue weighted by molar-refractivity contribution is 5.88. The SMILES string of the molecule is CCOC(=O)/C=C/C[C@@H](NC(=O)Cc1cc(F)cc(F)c1)C(N)=O. The van der Waals surface area contributed by atoms with Gasteiger partial charge in [0.25, 0.3) is 0 Å². The summed E-state index contributed by atoms with van der Waals surface area (Å²) in [5.41, 5.74) is 5.30. The van der Waals surface area contributed by atoms with Gasteiger partial charge in [-0.2, -0.15) is 0 Å². The van der Waals surface area contributed by atoms with Gasteiger partial charge in [-0.25, -0.2) is 13.6 Å². The lowest BCUT2D eigenvalue weighted by atomic mass is 10.1. The summed E-state index contributed by atoms with van der Waals surface area (Å²) in [5.74, 6) is -3.62. The molecule has 6 nitrogen and oxygen atoms in total. The van der Waals surface area contributed by atoms with E-state index in [1.807, 2.05) is 0 Å². The van der Waals surface area contributed by atoms with Crippen molar-refractivity contribution in [1.29, 1.82) is 0 Å². The Morgan fingerprint density at radius 2 is 1.88 bits per heavy atom. The Bertz CT molecular complexity index is 627. The molecule has 0 aliphatic rings. The number of carbonyl (C=O) groups excluding carboxylic acids is 3. The molecule has 130 valence electrons. The van der Waals surface area contributed by atoms with E-state index in [0.29, 0.717) is 6.07 Å². The van der Waals surface area contributed by atoms with E-state index in [-0.39, 0.29) is 25.0 Å². The summed E-state index contributed by atoms with van der Waals surface area (Å²) >= 11 is 0. The van der Waals surface area contributed by atoms with Crippen LogP contribution in [-0.2, 0) is 25.5 Å². The molecule has 24 heavy (non-hydrogen) atoms. The topological polar surface area (TPSA) is 98.5 Å². The molecular weight excluding hydrogens is 322 g/mol. The van der Waals surface area contributed by atoms with Gasteiger partial charge in [0.15, 0.2) is 0 Å². The first-order valence-electron chi connectivity index (χ1n) is 7.18. The minimum atomic E-state index is -1.05. The van der Waals surface area contributed by atoms with Gasteiger partial charge in [0, 0.05) is 12.1 Å². The van der Waals surface area contributed by atoms with E-state index < -0.39 is 35.5 Å². The van der Waals surface area contributed by atoms with Gasteiger partial charge in [-0.3, -0.25) is 9.59 Å². The number of amides is 2. The standard InChI is InChI=1S/C16H18F2N2O4/c1-2-24-15(22)5-3-4-13(16(19)23)20-14(21)8-10-6-11(17)9-12(18)7-10/h3,5-7,9,13H,2,4,8H2,1H3,(H2,19,23)(H,20,21)/b5-3+/t13-/m1/s1. The molecule has 0 heterocycles. The fourth-order valence-electron chi connectivity index (χ4n) is 1.88. The molecule has 0 bridgehead atoms. The average molecular weight is 340 g/mol. The van der Waals surface area contributed by atoms with Gasteiger partial charge < -0.3 is 15.8 Å². The molecule has 0 aliphatic carbocycles. The summed E-state index contributed by atoms with van der Waals surface area (Å²) in [4.78, 5) is 34.3. The van der Waals surface area contributed by atoms with Gasteiger partial charge in [0.2, 0.25) is 11.8 Å². The number of ether oxygens (including phenoxy) is 1. The van der Waals surface area contributed by atoms with Gasteiger partial charge in [0.1, 0.15) is 17.7 Å². The smallest absolute Gasteiger partial charge is 0.330 e. The summed E-state index contributed by atoms with van der Waals surface area (Å²) < 4.78 is 30.8. The second-order valence-electron chi connectivity index (χ2n) is 4.87. The van der Waals surface area contributed by atoms with Crippen molar-refractivity contribution >= 4 is 17.8 Å². The van der Waals surface area contributed by atoms with Crippen LogP contribution in [0.5, 0.6) is 0 Å². The maximum Gasteiger partial charge on any atom is 0.330 e. The number of primary amides is 1. The first kappa shape index (κ1) is 19.3. The molecule has 1 atom stereocenters. The van der Waals surface area contributed by atoms with Crippen molar-refractivity contribution in [2.75, 3.05) is 6.61 Å². The van der Waals surface area contributed by atoms with Crippen LogP contribution in [0.2, 0.25) is 0 Å². The van der Waals surface area contributed by atoms with E-state index in [2.05, 4.69) is 10.1 Å². The fraction of sp³-hybridized carbons (Fsp3) is 0.312. The number of nitrogens with one attached hydrogen (secondary N) is 1. The van der Waals surface area contributed by atoms with E-state index in [1.54, 1.807) is 6.92 Å². The Labute approximate surface area is 137 Å². The monoisotopic (exact) mass is 340 g/mol. The third-order valence-corrected chi connectivity index (χ3v) is 2.88. The van der Waals surface area contributed by atoms with Gasteiger partial charge >= 0.3 is 5.97 Å². The molecule has 0 radical (unpaired) electrons. The van der Waals surface area contributed by atoms with Gasteiger partial charge in [0.05, 0.1) is 13.0 Å². The minimum Gasteiger partial charge on any atom is -0.463 e. The predicted octanol–water partition coefficient (Wildman–Crippen LogP) is 0.987. The predicted molar refractivity (Wildman–Crippen MR) is 81.6 cm³/mol. The van der Waals surface area contributed by atoms with Crippen molar-refractivity contribution in [3.8, 4) is 0 Å². The van der Waals surface area contributed by atoms with Crippen LogP contribution < -0.4 is 11.1 Å². The van der Waals surface area contributed by atoms with Crippen LogP contribution >= 0.6 is 0 Å². The number of rotatable bonds is 8. The van der Waals surface area contributed by atoms with E-state index in [0.717, 1.165) is 18.2 Å². The first-order chi connectivity index (χ1) is 11.3. The number of nitrogens with two attached hydrogens (primary N) is 1. The summed E-state index contributed by atoms with van der Waals surface area (Å²) in [7, 11) is 0. The van der Waals surface area contributed by atoms with Gasteiger partial charge in [-0.05, 0) is 31.0 Å². The third-order valence-electron chi connectivity index (χ3n) is 2.88. The molecule has 0 aliphatic heterocycles. The number of esters is 1. The van der Waals surface area contributed by atoms with Crippen molar-refractivity contribution in [3.63, 3.8) is 0 Å². The summed E-state index contributed by atoms with van der Waals surface area (Å²) in [6.45, 7) is 1.86. The zero-order chi connectivity index (χ0) is 18.1. The number of hydrogen-bond acceptors (Lipinski definition) is 4. The molecule has 3 N–H and O–H groups in total. The lowest BCUT2D eigenvalue weighted by Crippen LogP contribution is -2.44. The molecule has 1 rings (SSSR count). The van der Waals surface area contributed by atoms with Crippen molar-refractivity contribution in [2.24, 2.45) is 5.73 Å². The number of halogens is 2. The zero-order valence-corrected chi connectivity index (χ0v) is 13.1. The van der Waals surface area contributed by atoms with Gasteiger partial charge in [-0.15, -0.1) is 0 Å². The quantitative estimate of drug-likeness (QED) is 0.544. The van der Waals surface area contributed by atoms with E-state index >= 15 is 0 Å². The Morgan fingerprint density at radius 1 is 1.25 bits per heavy atom. The van der Waals surface area contributed by atoms with E-state index in [9.17, 15) is 23.2 Å². The van der Waals surface area contributed by atoms with Crippen LogP contribution in [-0.4, -0.2) is 30.4 Å². The van der Waals surface area contributed by atoms with Crippen molar-refractivity contribution < 1.29 is 27.9 Å². The molecule has 0 spiro atoms.